The molecule has 0 aliphatic rings. The number of benzene rings is 2. The molecule has 6 nitrogen and oxygen atoms in total. The minimum absolute atomic E-state index is 0.133. The molecule has 0 aliphatic heterocycles. The van der Waals surface area contributed by atoms with Crippen LogP contribution in [0.4, 0.5) is 5.69 Å². The number of carbonyl (C=O) groups excluding carboxylic acids is 1. The Bertz CT molecular complexity index is 829. The summed E-state index contributed by atoms with van der Waals surface area (Å²) in [5.74, 6) is 0.585. The van der Waals surface area contributed by atoms with Crippen molar-refractivity contribution in [3.8, 4) is 16.9 Å². The highest BCUT2D eigenvalue weighted by Crippen LogP contribution is 2.23. The summed E-state index contributed by atoms with van der Waals surface area (Å²) in [5, 5.41) is 12.7. The molecule has 1 aromatic heterocycles. The van der Waals surface area contributed by atoms with Crippen molar-refractivity contribution in [3.05, 3.63) is 66.5 Å². The number of methoxy groups -OCH3 is 1. The van der Waals surface area contributed by atoms with Gasteiger partial charge in [0.15, 0.2) is 0 Å². The van der Waals surface area contributed by atoms with E-state index >= 15 is 0 Å². The van der Waals surface area contributed by atoms with E-state index in [-0.39, 0.29) is 5.91 Å². The molecule has 2 aromatic carbocycles. The average Bonchev–Trinajstić information content (AvgIpc) is 3.18. The second kappa shape index (κ2) is 7.63. The molecule has 0 bridgehead atoms. The molecule has 25 heavy (non-hydrogen) atoms. The van der Waals surface area contributed by atoms with Crippen molar-refractivity contribution in [1.29, 1.82) is 0 Å². The molecule has 1 amide bonds. The highest BCUT2D eigenvalue weighted by atomic mass is 16.5. The second-order valence-corrected chi connectivity index (χ2v) is 5.55. The Morgan fingerprint density at radius 1 is 1.16 bits per heavy atom. The first-order chi connectivity index (χ1) is 12.2. The van der Waals surface area contributed by atoms with Crippen LogP contribution in [0.25, 0.3) is 11.1 Å². The minimum Gasteiger partial charge on any atom is -0.497 e. The lowest BCUT2D eigenvalue weighted by Crippen LogP contribution is -2.30. The monoisotopic (exact) mass is 336 g/mol. The number of nitrogens with one attached hydrogen (secondary N) is 3. The van der Waals surface area contributed by atoms with E-state index in [9.17, 15) is 4.79 Å². The van der Waals surface area contributed by atoms with Crippen molar-refractivity contribution in [1.82, 2.24) is 15.5 Å². The third-order valence-electron chi connectivity index (χ3n) is 3.96. The standard InChI is InChI=1S/C19H20N4O2/c1-20-18(14-4-3-5-17(10-14)25-2)19(24)23-16-8-6-13(7-9-16)15-11-21-22-12-15/h3-12,18,20H,1-2H3,(H,21,22)(H,23,24). The van der Waals surface area contributed by atoms with Crippen molar-refractivity contribution in [2.45, 2.75) is 6.04 Å². The predicted octanol–water partition coefficient (Wildman–Crippen LogP) is 2.98. The fourth-order valence-corrected chi connectivity index (χ4v) is 2.64. The topological polar surface area (TPSA) is 79.0 Å². The van der Waals surface area contributed by atoms with Crippen LogP contribution < -0.4 is 15.4 Å². The number of rotatable bonds is 6. The number of amides is 1. The fourth-order valence-electron chi connectivity index (χ4n) is 2.64. The molecular formula is C19H20N4O2. The van der Waals surface area contributed by atoms with Gasteiger partial charge in [0.25, 0.3) is 0 Å². The molecule has 6 heteroatoms. The zero-order valence-corrected chi connectivity index (χ0v) is 14.1. The summed E-state index contributed by atoms with van der Waals surface area (Å²) < 4.78 is 5.23. The largest absolute Gasteiger partial charge is 0.497 e. The maximum Gasteiger partial charge on any atom is 0.246 e. The SMILES string of the molecule is CNC(C(=O)Nc1ccc(-c2cn[nH]c2)cc1)c1cccc(OC)c1. The zero-order chi connectivity index (χ0) is 17.6. The Hall–Kier alpha value is -3.12. The average molecular weight is 336 g/mol. The quantitative estimate of drug-likeness (QED) is 0.646. The van der Waals surface area contributed by atoms with E-state index in [0.717, 1.165) is 28.1 Å². The van der Waals surface area contributed by atoms with Crippen LogP contribution in [-0.2, 0) is 4.79 Å². The Morgan fingerprint density at radius 3 is 2.60 bits per heavy atom. The highest BCUT2D eigenvalue weighted by Gasteiger charge is 2.19. The van der Waals surface area contributed by atoms with Crippen LogP contribution in [0.15, 0.2) is 60.9 Å². The van der Waals surface area contributed by atoms with E-state index < -0.39 is 6.04 Å². The number of nitrogens with zero attached hydrogens (tertiary/aromatic N) is 1. The number of anilines is 1. The van der Waals surface area contributed by atoms with Crippen molar-refractivity contribution in [3.63, 3.8) is 0 Å². The number of carbonyl (C=O) groups is 1. The molecule has 3 rings (SSSR count). The van der Waals surface area contributed by atoms with Gasteiger partial charge in [0, 0.05) is 17.4 Å². The van der Waals surface area contributed by atoms with E-state index in [2.05, 4.69) is 20.8 Å². The van der Waals surface area contributed by atoms with Crippen LogP contribution in [0.3, 0.4) is 0 Å². The van der Waals surface area contributed by atoms with Crippen LogP contribution in [0.2, 0.25) is 0 Å². The van der Waals surface area contributed by atoms with Gasteiger partial charge in [-0.15, -0.1) is 0 Å². The van der Waals surface area contributed by atoms with Gasteiger partial charge in [-0.05, 0) is 42.4 Å². The van der Waals surface area contributed by atoms with Crippen molar-refractivity contribution in [2.75, 3.05) is 19.5 Å². The number of aromatic nitrogens is 2. The van der Waals surface area contributed by atoms with Gasteiger partial charge in [-0.1, -0.05) is 24.3 Å². The first kappa shape index (κ1) is 16.7. The van der Waals surface area contributed by atoms with E-state index in [1.54, 1.807) is 20.4 Å². The van der Waals surface area contributed by atoms with Crippen LogP contribution >= 0.6 is 0 Å². The molecule has 0 saturated carbocycles. The molecule has 0 aliphatic carbocycles. The van der Waals surface area contributed by atoms with E-state index in [1.165, 1.54) is 0 Å². The smallest absolute Gasteiger partial charge is 0.246 e. The number of hydrogen-bond acceptors (Lipinski definition) is 4. The first-order valence-corrected chi connectivity index (χ1v) is 7.92. The summed E-state index contributed by atoms with van der Waals surface area (Å²) in [4.78, 5) is 12.6. The number of ether oxygens (including phenoxy) is 1. The Labute approximate surface area is 146 Å². The maximum atomic E-state index is 12.6. The number of H-pyrrole nitrogens is 1. The molecule has 1 unspecified atom stereocenters. The lowest BCUT2D eigenvalue weighted by Gasteiger charge is -2.17. The summed E-state index contributed by atoms with van der Waals surface area (Å²) >= 11 is 0. The number of hydrogen-bond donors (Lipinski definition) is 3. The minimum atomic E-state index is -0.469. The molecule has 0 saturated heterocycles. The van der Waals surface area contributed by atoms with Gasteiger partial charge >= 0.3 is 0 Å². The summed E-state index contributed by atoms with van der Waals surface area (Å²) in [5.41, 5.74) is 3.61. The van der Waals surface area contributed by atoms with Gasteiger partial charge in [-0.25, -0.2) is 0 Å². The van der Waals surface area contributed by atoms with E-state index in [4.69, 9.17) is 4.74 Å². The molecule has 128 valence electrons. The Balaban J connectivity index is 1.73. The summed E-state index contributed by atoms with van der Waals surface area (Å²) in [7, 11) is 3.36. The third-order valence-corrected chi connectivity index (χ3v) is 3.96. The van der Waals surface area contributed by atoms with E-state index in [1.807, 2.05) is 54.7 Å². The summed E-state index contributed by atoms with van der Waals surface area (Å²) in [6.07, 6.45) is 3.58. The Kier molecular flexibility index (Phi) is 5.11. The van der Waals surface area contributed by atoms with Crippen LogP contribution in [0, 0.1) is 0 Å². The predicted molar refractivity (Wildman–Crippen MR) is 97.4 cm³/mol. The van der Waals surface area contributed by atoms with Gasteiger partial charge in [0.05, 0.1) is 13.3 Å². The molecule has 1 atom stereocenters. The highest BCUT2D eigenvalue weighted by molar-refractivity contribution is 5.95. The van der Waals surface area contributed by atoms with Crippen LogP contribution in [0.5, 0.6) is 5.75 Å². The van der Waals surface area contributed by atoms with E-state index in [0.29, 0.717) is 0 Å². The lowest BCUT2D eigenvalue weighted by molar-refractivity contribution is -0.118. The van der Waals surface area contributed by atoms with Crippen molar-refractivity contribution < 1.29 is 9.53 Å². The van der Waals surface area contributed by atoms with Crippen molar-refractivity contribution in [2.24, 2.45) is 0 Å². The van der Waals surface area contributed by atoms with Gasteiger partial charge < -0.3 is 15.4 Å². The van der Waals surface area contributed by atoms with Gasteiger partial charge in [0.1, 0.15) is 11.8 Å². The van der Waals surface area contributed by atoms with Gasteiger partial charge in [-0.3, -0.25) is 9.89 Å². The Morgan fingerprint density at radius 2 is 1.96 bits per heavy atom. The van der Waals surface area contributed by atoms with Crippen molar-refractivity contribution >= 4 is 11.6 Å². The molecule has 0 fully saturated rings. The molecule has 3 aromatic rings. The molecule has 3 N–H and O–H groups in total. The lowest BCUT2D eigenvalue weighted by atomic mass is 10.1. The number of aromatic amines is 1. The second-order valence-electron chi connectivity index (χ2n) is 5.55. The molecule has 1 heterocycles. The molecule has 0 spiro atoms. The van der Waals surface area contributed by atoms with Gasteiger partial charge in [-0.2, -0.15) is 5.10 Å². The van der Waals surface area contributed by atoms with Crippen LogP contribution in [-0.4, -0.2) is 30.3 Å². The van der Waals surface area contributed by atoms with Gasteiger partial charge in [0.2, 0.25) is 5.91 Å². The third kappa shape index (κ3) is 3.87. The normalized spacial score (nSPS) is 11.8. The fraction of sp³-hybridized carbons (Fsp3) is 0.158. The van der Waals surface area contributed by atoms with Crippen LogP contribution in [0.1, 0.15) is 11.6 Å². The zero-order valence-electron chi connectivity index (χ0n) is 14.1. The first-order valence-electron chi connectivity index (χ1n) is 7.92. The summed E-state index contributed by atoms with van der Waals surface area (Å²) in [6.45, 7) is 0. The summed E-state index contributed by atoms with van der Waals surface area (Å²) in [6, 6.07) is 14.6. The maximum absolute atomic E-state index is 12.6. The molecular weight excluding hydrogens is 316 g/mol. The number of likely N-dealkylation sites (N-methyl/N-ethyl adjacent to an activating group) is 1. The molecule has 0 radical (unpaired) electrons.